The summed E-state index contributed by atoms with van der Waals surface area (Å²) in [6.07, 6.45) is 8.08. The summed E-state index contributed by atoms with van der Waals surface area (Å²) in [7, 11) is 1.58. The number of hydrogen-bond acceptors (Lipinski definition) is 6. The van der Waals surface area contributed by atoms with Gasteiger partial charge in [0, 0.05) is 19.4 Å². The second-order valence-electron chi connectivity index (χ2n) is 5.28. The maximum atomic E-state index is 11.5. The second kappa shape index (κ2) is 9.97. The van der Waals surface area contributed by atoms with Gasteiger partial charge in [0.15, 0.2) is 0 Å². The Hall–Kier alpha value is -1.92. The molecule has 126 valence electrons. The van der Waals surface area contributed by atoms with Crippen LogP contribution in [0.25, 0.3) is 0 Å². The zero-order chi connectivity index (χ0) is 16.3. The van der Waals surface area contributed by atoms with Crippen molar-refractivity contribution in [2.45, 2.75) is 25.9 Å². The van der Waals surface area contributed by atoms with Crippen molar-refractivity contribution < 1.29 is 23.7 Å². The number of esters is 1. The number of ether oxygens (including phenoxy) is 4. The highest BCUT2D eigenvalue weighted by Crippen LogP contribution is 2.19. The van der Waals surface area contributed by atoms with Crippen molar-refractivity contribution in [2.24, 2.45) is 5.92 Å². The SMILES string of the molecule is COCOCc1ccnc(OC/C=C\CC2CCCOC2=O)c1. The van der Waals surface area contributed by atoms with Gasteiger partial charge in [0.1, 0.15) is 13.4 Å². The Balaban J connectivity index is 1.69. The Morgan fingerprint density at radius 1 is 1.43 bits per heavy atom. The Kier molecular flexibility index (Phi) is 7.56. The minimum Gasteiger partial charge on any atom is -0.473 e. The molecule has 6 nitrogen and oxygen atoms in total. The summed E-state index contributed by atoms with van der Waals surface area (Å²) in [5.41, 5.74) is 0.973. The molecule has 0 bridgehead atoms. The first-order valence-electron chi connectivity index (χ1n) is 7.75. The van der Waals surface area contributed by atoms with Gasteiger partial charge in [0.05, 0.1) is 19.1 Å². The van der Waals surface area contributed by atoms with Crippen LogP contribution in [-0.2, 0) is 25.6 Å². The molecule has 0 aliphatic carbocycles. The van der Waals surface area contributed by atoms with Crippen molar-refractivity contribution in [1.82, 2.24) is 4.98 Å². The fourth-order valence-electron chi connectivity index (χ4n) is 2.28. The number of allylic oxidation sites excluding steroid dienone is 1. The topological polar surface area (TPSA) is 66.9 Å². The first-order chi connectivity index (χ1) is 11.3. The molecule has 0 aromatic carbocycles. The monoisotopic (exact) mass is 321 g/mol. The lowest BCUT2D eigenvalue weighted by atomic mass is 9.98. The third-order valence-corrected chi connectivity index (χ3v) is 3.46. The van der Waals surface area contributed by atoms with Gasteiger partial charge in [-0.15, -0.1) is 0 Å². The number of carbonyl (C=O) groups excluding carboxylic acids is 1. The van der Waals surface area contributed by atoms with Crippen LogP contribution in [-0.4, -0.2) is 38.1 Å². The van der Waals surface area contributed by atoms with E-state index in [2.05, 4.69) is 4.98 Å². The van der Waals surface area contributed by atoms with E-state index in [4.69, 9.17) is 18.9 Å². The van der Waals surface area contributed by atoms with E-state index < -0.39 is 0 Å². The fraction of sp³-hybridized carbons (Fsp3) is 0.529. The lowest BCUT2D eigenvalue weighted by molar-refractivity contribution is -0.152. The lowest BCUT2D eigenvalue weighted by Gasteiger charge is -2.19. The molecule has 1 aliphatic rings. The number of rotatable bonds is 9. The van der Waals surface area contributed by atoms with E-state index in [0.29, 0.717) is 32.1 Å². The molecule has 6 heteroatoms. The normalized spacial score (nSPS) is 18.1. The quantitative estimate of drug-likeness (QED) is 0.301. The molecule has 23 heavy (non-hydrogen) atoms. The van der Waals surface area contributed by atoms with Gasteiger partial charge in [-0.25, -0.2) is 4.98 Å². The Labute approximate surface area is 136 Å². The van der Waals surface area contributed by atoms with Gasteiger partial charge in [-0.2, -0.15) is 0 Å². The highest BCUT2D eigenvalue weighted by Gasteiger charge is 2.22. The molecule has 1 aromatic rings. The summed E-state index contributed by atoms with van der Waals surface area (Å²) in [5.74, 6) is 0.442. The van der Waals surface area contributed by atoms with Crippen LogP contribution >= 0.6 is 0 Å². The number of methoxy groups -OCH3 is 1. The van der Waals surface area contributed by atoms with E-state index in [0.717, 1.165) is 18.4 Å². The van der Waals surface area contributed by atoms with E-state index >= 15 is 0 Å². The number of hydrogen-bond donors (Lipinski definition) is 0. The molecule has 1 saturated heterocycles. The number of aromatic nitrogens is 1. The predicted molar refractivity (Wildman–Crippen MR) is 83.8 cm³/mol. The highest BCUT2D eigenvalue weighted by molar-refractivity contribution is 5.73. The Morgan fingerprint density at radius 2 is 2.35 bits per heavy atom. The molecule has 0 amide bonds. The minimum atomic E-state index is -0.0905. The van der Waals surface area contributed by atoms with Gasteiger partial charge in [0.25, 0.3) is 0 Å². The first-order valence-corrected chi connectivity index (χ1v) is 7.75. The van der Waals surface area contributed by atoms with Crippen LogP contribution in [0.15, 0.2) is 30.5 Å². The molecular weight excluding hydrogens is 298 g/mol. The van der Waals surface area contributed by atoms with E-state index in [1.54, 1.807) is 13.3 Å². The molecule has 0 saturated carbocycles. The van der Waals surface area contributed by atoms with Crippen LogP contribution in [0.5, 0.6) is 5.88 Å². The van der Waals surface area contributed by atoms with Crippen LogP contribution in [0, 0.1) is 5.92 Å². The van der Waals surface area contributed by atoms with Crippen LogP contribution in [0.1, 0.15) is 24.8 Å². The molecule has 0 N–H and O–H groups in total. The summed E-state index contributed by atoms with van der Waals surface area (Å²) in [6, 6.07) is 3.70. The smallest absolute Gasteiger partial charge is 0.309 e. The Bertz CT molecular complexity index is 517. The van der Waals surface area contributed by atoms with Gasteiger partial charge in [-0.05, 0) is 30.9 Å². The van der Waals surface area contributed by atoms with E-state index in [1.807, 2.05) is 24.3 Å². The van der Waals surface area contributed by atoms with Crippen molar-refractivity contribution >= 4 is 5.97 Å². The molecule has 1 atom stereocenters. The average molecular weight is 321 g/mol. The zero-order valence-electron chi connectivity index (χ0n) is 13.4. The first kappa shape index (κ1) is 17.4. The standard InChI is InChI=1S/C17H23NO5/c1-20-13-21-12-14-7-8-18-16(11-14)22-9-3-2-5-15-6-4-10-23-17(15)19/h2-3,7-8,11,15H,4-6,9-10,12-13H2,1H3/b3-2-. The molecule has 1 aromatic heterocycles. The number of carbonyl (C=O) groups is 1. The van der Waals surface area contributed by atoms with E-state index in [9.17, 15) is 4.79 Å². The number of cyclic esters (lactones) is 1. The molecule has 2 heterocycles. The molecule has 1 fully saturated rings. The van der Waals surface area contributed by atoms with Crippen molar-refractivity contribution in [3.05, 3.63) is 36.0 Å². The Morgan fingerprint density at radius 3 is 3.17 bits per heavy atom. The molecular formula is C17H23NO5. The van der Waals surface area contributed by atoms with Crippen molar-refractivity contribution in [3.63, 3.8) is 0 Å². The molecule has 2 rings (SSSR count). The van der Waals surface area contributed by atoms with Gasteiger partial charge in [-0.1, -0.05) is 12.2 Å². The number of pyridine rings is 1. The van der Waals surface area contributed by atoms with Crippen LogP contribution in [0.4, 0.5) is 0 Å². The van der Waals surface area contributed by atoms with Gasteiger partial charge < -0.3 is 18.9 Å². The zero-order valence-corrected chi connectivity index (χ0v) is 13.4. The fourth-order valence-corrected chi connectivity index (χ4v) is 2.28. The predicted octanol–water partition coefficient (Wildman–Crippen LogP) is 2.48. The molecule has 0 radical (unpaired) electrons. The molecule has 0 spiro atoms. The summed E-state index contributed by atoms with van der Waals surface area (Å²) in [5, 5.41) is 0. The lowest BCUT2D eigenvalue weighted by Crippen LogP contribution is -2.23. The van der Waals surface area contributed by atoms with Gasteiger partial charge in [-0.3, -0.25) is 4.79 Å². The third-order valence-electron chi connectivity index (χ3n) is 3.46. The molecule has 1 unspecified atom stereocenters. The van der Waals surface area contributed by atoms with E-state index in [1.165, 1.54) is 0 Å². The van der Waals surface area contributed by atoms with Crippen LogP contribution < -0.4 is 4.74 Å². The van der Waals surface area contributed by atoms with Crippen molar-refractivity contribution in [2.75, 3.05) is 27.1 Å². The highest BCUT2D eigenvalue weighted by atomic mass is 16.7. The summed E-state index contributed by atoms with van der Waals surface area (Å²) in [6.45, 7) is 1.67. The second-order valence-corrected chi connectivity index (χ2v) is 5.28. The maximum absolute atomic E-state index is 11.5. The summed E-state index contributed by atoms with van der Waals surface area (Å²) >= 11 is 0. The van der Waals surface area contributed by atoms with Gasteiger partial charge >= 0.3 is 5.97 Å². The third kappa shape index (κ3) is 6.38. The summed E-state index contributed by atoms with van der Waals surface area (Å²) in [4.78, 5) is 15.7. The van der Waals surface area contributed by atoms with Crippen LogP contribution in [0.2, 0.25) is 0 Å². The maximum Gasteiger partial charge on any atom is 0.309 e. The largest absolute Gasteiger partial charge is 0.473 e. The minimum absolute atomic E-state index is 0.0145. The summed E-state index contributed by atoms with van der Waals surface area (Å²) < 4.78 is 20.7. The van der Waals surface area contributed by atoms with Gasteiger partial charge in [0.2, 0.25) is 5.88 Å². The average Bonchev–Trinajstić information content (AvgIpc) is 2.57. The van der Waals surface area contributed by atoms with E-state index in [-0.39, 0.29) is 18.7 Å². The van der Waals surface area contributed by atoms with Crippen LogP contribution in [0.3, 0.4) is 0 Å². The van der Waals surface area contributed by atoms with Crippen molar-refractivity contribution in [1.29, 1.82) is 0 Å². The van der Waals surface area contributed by atoms with Crippen molar-refractivity contribution in [3.8, 4) is 5.88 Å². The molecule has 1 aliphatic heterocycles. The number of nitrogens with zero attached hydrogens (tertiary/aromatic N) is 1.